The highest BCUT2D eigenvalue weighted by molar-refractivity contribution is 5.33. The number of nitrogens with one attached hydrogen (secondary N) is 2. The minimum absolute atomic E-state index is 0.167. The molecule has 2 N–H and O–H groups in total. The molecule has 0 amide bonds. The Morgan fingerprint density at radius 1 is 1.28 bits per heavy atom. The molecule has 5 nitrogen and oxygen atoms in total. The Hall–Kier alpha value is -1.31. The van der Waals surface area contributed by atoms with Crippen molar-refractivity contribution in [3.63, 3.8) is 0 Å². The highest BCUT2D eigenvalue weighted by Gasteiger charge is 2.39. The second kappa shape index (κ2) is 4.11. The standard InChI is InChI=1S/C10H14F3N5/c11-10(12,13)8-15-9(17-16-8)18-3-1-2-6-4-14-5-7(6)18/h6-7,14H,1-5H2,(H,15,16,17). The van der Waals surface area contributed by atoms with Gasteiger partial charge in [0, 0.05) is 25.7 Å². The molecule has 2 fully saturated rings. The van der Waals surface area contributed by atoms with E-state index in [1.807, 2.05) is 10.00 Å². The van der Waals surface area contributed by atoms with Gasteiger partial charge in [0.05, 0.1) is 0 Å². The van der Waals surface area contributed by atoms with Crippen LogP contribution in [0.25, 0.3) is 0 Å². The van der Waals surface area contributed by atoms with Crippen molar-refractivity contribution in [3.8, 4) is 0 Å². The maximum absolute atomic E-state index is 12.5. The van der Waals surface area contributed by atoms with Crippen LogP contribution in [0, 0.1) is 5.92 Å². The molecule has 0 spiro atoms. The Morgan fingerprint density at radius 3 is 2.83 bits per heavy atom. The van der Waals surface area contributed by atoms with Crippen LogP contribution in [0.3, 0.4) is 0 Å². The zero-order chi connectivity index (χ0) is 12.8. The maximum atomic E-state index is 12.5. The van der Waals surface area contributed by atoms with Crippen molar-refractivity contribution in [2.45, 2.75) is 25.1 Å². The highest BCUT2D eigenvalue weighted by Crippen LogP contribution is 2.31. The SMILES string of the molecule is FC(F)(F)c1nc(N2CCCC3CNCC32)n[nH]1. The summed E-state index contributed by atoms with van der Waals surface area (Å²) < 4.78 is 37.4. The number of piperidine rings is 1. The summed E-state index contributed by atoms with van der Waals surface area (Å²) >= 11 is 0. The lowest BCUT2D eigenvalue weighted by atomic mass is 9.92. The summed E-state index contributed by atoms with van der Waals surface area (Å²) in [6.45, 7) is 2.44. The van der Waals surface area contributed by atoms with Gasteiger partial charge in [-0.05, 0) is 18.8 Å². The molecule has 0 bridgehead atoms. The molecule has 2 aliphatic heterocycles. The molecule has 100 valence electrons. The van der Waals surface area contributed by atoms with Crippen molar-refractivity contribution in [2.75, 3.05) is 24.5 Å². The molecule has 8 heteroatoms. The Balaban J connectivity index is 1.83. The summed E-state index contributed by atoms with van der Waals surface area (Å²) in [5, 5.41) is 8.95. The predicted molar refractivity (Wildman–Crippen MR) is 58.1 cm³/mol. The molecule has 0 radical (unpaired) electrons. The average Bonchev–Trinajstić information content (AvgIpc) is 2.96. The number of rotatable bonds is 1. The zero-order valence-corrected chi connectivity index (χ0v) is 9.67. The quantitative estimate of drug-likeness (QED) is 0.792. The zero-order valence-electron chi connectivity index (χ0n) is 9.67. The van der Waals surface area contributed by atoms with E-state index in [4.69, 9.17) is 0 Å². The lowest BCUT2D eigenvalue weighted by molar-refractivity contribution is -0.144. The summed E-state index contributed by atoms with van der Waals surface area (Å²) in [6, 6.07) is 0.218. The van der Waals surface area contributed by atoms with E-state index in [1.54, 1.807) is 0 Å². The van der Waals surface area contributed by atoms with Gasteiger partial charge in [-0.25, -0.2) is 0 Å². The molecule has 3 heterocycles. The molecule has 2 saturated heterocycles. The third-order valence-corrected chi connectivity index (χ3v) is 3.68. The van der Waals surface area contributed by atoms with Gasteiger partial charge in [0.1, 0.15) is 0 Å². The first-order valence-electron chi connectivity index (χ1n) is 6.02. The Kier molecular flexibility index (Phi) is 2.69. The number of nitrogens with zero attached hydrogens (tertiary/aromatic N) is 3. The number of hydrogen-bond donors (Lipinski definition) is 2. The van der Waals surface area contributed by atoms with Crippen molar-refractivity contribution < 1.29 is 13.2 Å². The summed E-state index contributed by atoms with van der Waals surface area (Å²) in [5.74, 6) is -0.363. The number of hydrogen-bond acceptors (Lipinski definition) is 4. The average molecular weight is 261 g/mol. The second-order valence-corrected chi connectivity index (χ2v) is 4.80. The Morgan fingerprint density at radius 2 is 2.11 bits per heavy atom. The van der Waals surface area contributed by atoms with E-state index in [1.165, 1.54) is 0 Å². The van der Waals surface area contributed by atoms with Crippen LogP contribution in [0.1, 0.15) is 18.7 Å². The molecule has 0 aliphatic carbocycles. The fourth-order valence-electron chi connectivity index (χ4n) is 2.82. The fourth-order valence-corrected chi connectivity index (χ4v) is 2.82. The summed E-state index contributed by atoms with van der Waals surface area (Å²) in [5.41, 5.74) is 0. The number of fused-ring (bicyclic) bond motifs is 1. The van der Waals surface area contributed by atoms with E-state index < -0.39 is 12.0 Å². The monoisotopic (exact) mass is 261 g/mol. The summed E-state index contributed by atoms with van der Waals surface area (Å²) in [6.07, 6.45) is -2.38. The molecule has 2 unspecified atom stereocenters. The smallest absolute Gasteiger partial charge is 0.335 e. The van der Waals surface area contributed by atoms with Crippen molar-refractivity contribution in [1.82, 2.24) is 20.5 Å². The summed E-state index contributed by atoms with van der Waals surface area (Å²) in [4.78, 5) is 5.46. The van der Waals surface area contributed by atoms with E-state index in [0.717, 1.165) is 32.5 Å². The minimum Gasteiger partial charge on any atom is -0.335 e. The number of aromatic amines is 1. The number of H-pyrrole nitrogens is 1. The third-order valence-electron chi connectivity index (χ3n) is 3.68. The molecule has 3 rings (SSSR count). The first kappa shape index (κ1) is 11.8. The summed E-state index contributed by atoms with van der Waals surface area (Å²) in [7, 11) is 0. The second-order valence-electron chi connectivity index (χ2n) is 4.80. The topological polar surface area (TPSA) is 56.8 Å². The number of anilines is 1. The number of aromatic nitrogens is 3. The van der Waals surface area contributed by atoms with Crippen LogP contribution in [0.4, 0.5) is 19.1 Å². The van der Waals surface area contributed by atoms with Gasteiger partial charge in [-0.1, -0.05) is 0 Å². The lowest BCUT2D eigenvalue weighted by Crippen LogP contribution is -2.45. The van der Waals surface area contributed by atoms with Gasteiger partial charge in [0.25, 0.3) is 0 Å². The first-order valence-corrected chi connectivity index (χ1v) is 6.02. The third kappa shape index (κ3) is 1.94. The van der Waals surface area contributed by atoms with Crippen molar-refractivity contribution in [3.05, 3.63) is 5.82 Å². The van der Waals surface area contributed by atoms with Crippen LogP contribution in [0.5, 0.6) is 0 Å². The van der Waals surface area contributed by atoms with Crippen LogP contribution in [-0.4, -0.2) is 40.9 Å². The predicted octanol–water partition coefficient (Wildman–Crippen LogP) is 1.01. The van der Waals surface area contributed by atoms with E-state index in [2.05, 4.69) is 15.4 Å². The highest BCUT2D eigenvalue weighted by atomic mass is 19.4. The molecule has 18 heavy (non-hydrogen) atoms. The molecule has 2 atom stereocenters. The molecular weight excluding hydrogens is 247 g/mol. The normalized spacial score (nSPS) is 28.5. The lowest BCUT2D eigenvalue weighted by Gasteiger charge is -2.36. The maximum Gasteiger partial charge on any atom is 0.451 e. The van der Waals surface area contributed by atoms with E-state index in [9.17, 15) is 13.2 Å². The van der Waals surface area contributed by atoms with Crippen molar-refractivity contribution in [2.24, 2.45) is 5.92 Å². The van der Waals surface area contributed by atoms with Gasteiger partial charge in [-0.2, -0.15) is 18.2 Å². The van der Waals surface area contributed by atoms with Gasteiger partial charge in [0.15, 0.2) is 0 Å². The molecular formula is C10H14F3N5. The molecule has 0 saturated carbocycles. The number of alkyl halides is 3. The van der Waals surface area contributed by atoms with Crippen molar-refractivity contribution in [1.29, 1.82) is 0 Å². The van der Waals surface area contributed by atoms with Gasteiger partial charge >= 0.3 is 6.18 Å². The molecule has 1 aromatic heterocycles. The first-order chi connectivity index (χ1) is 8.55. The van der Waals surface area contributed by atoms with Crippen LogP contribution in [-0.2, 0) is 6.18 Å². The van der Waals surface area contributed by atoms with Gasteiger partial charge in [-0.3, -0.25) is 5.10 Å². The van der Waals surface area contributed by atoms with Crippen molar-refractivity contribution >= 4 is 5.95 Å². The fraction of sp³-hybridized carbons (Fsp3) is 0.800. The van der Waals surface area contributed by atoms with Gasteiger partial charge in [0.2, 0.25) is 11.8 Å². The molecule has 1 aromatic rings. The minimum atomic E-state index is -4.46. The van der Waals surface area contributed by atoms with Crippen LogP contribution in [0.15, 0.2) is 0 Å². The Bertz CT molecular complexity index is 429. The Labute approximate surface area is 102 Å². The van der Waals surface area contributed by atoms with Crippen LogP contribution in [0.2, 0.25) is 0 Å². The number of halogens is 3. The van der Waals surface area contributed by atoms with Gasteiger partial charge < -0.3 is 10.2 Å². The van der Waals surface area contributed by atoms with E-state index in [-0.39, 0.29) is 12.0 Å². The molecule has 2 aliphatic rings. The van der Waals surface area contributed by atoms with Gasteiger partial charge in [-0.15, -0.1) is 5.10 Å². The molecule has 0 aromatic carbocycles. The van der Waals surface area contributed by atoms with Crippen LogP contribution >= 0.6 is 0 Å². The van der Waals surface area contributed by atoms with Crippen LogP contribution < -0.4 is 10.2 Å². The largest absolute Gasteiger partial charge is 0.451 e. The van der Waals surface area contributed by atoms with E-state index in [0.29, 0.717) is 5.92 Å². The van der Waals surface area contributed by atoms with E-state index >= 15 is 0 Å².